The minimum Gasteiger partial charge on any atom is -0.394 e. The molecule has 0 aromatic rings. The van der Waals surface area contributed by atoms with Gasteiger partial charge >= 0.3 is 0 Å². The van der Waals surface area contributed by atoms with E-state index in [4.69, 9.17) is 28.4 Å². The molecule has 0 spiro atoms. The van der Waals surface area contributed by atoms with Crippen molar-refractivity contribution in [1.82, 2.24) is 5.32 Å². The van der Waals surface area contributed by atoms with Crippen molar-refractivity contribution < 1.29 is 89.4 Å². The molecule has 3 saturated heterocycles. The Morgan fingerprint density at radius 3 is 1.10 bits per heavy atom. The molecule has 0 radical (unpaired) electrons. The zero-order chi connectivity index (χ0) is 71.1. The van der Waals surface area contributed by atoms with E-state index in [-0.39, 0.29) is 18.9 Å². The molecule has 3 aliphatic rings. The predicted molar refractivity (Wildman–Crippen MR) is 388 cm³/mol. The van der Waals surface area contributed by atoms with E-state index in [2.05, 4.69) is 92.1 Å². The smallest absolute Gasteiger partial charge is 0.220 e. The third-order valence-corrected chi connectivity index (χ3v) is 19.3. The van der Waals surface area contributed by atoms with Crippen molar-refractivity contribution in [1.29, 1.82) is 0 Å². The molecule has 19 heteroatoms. The molecule has 570 valence electrons. The number of aliphatic hydroxyl groups excluding tert-OH is 11. The molecule has 98 heavy (non-hydrogen) atoms. The lowest BCUT2D eigenvalue weighted by atomic mass is 9.96. The van der Waals surface area contributed by atoms with Crippen molar-refractivity contribution in [3.8, 4) is 0 Å². The van der Waals surface area contributed by atoms with E-state index in [0.717, 1.165) is 103 Å². The molecule has 0 aromatic carbocycles. The van der Waals surface area contributed by atoms with Crippen molar-refractivity contribution in [2.75, 3.05) is 26.4 Å². The fraction of sp³-hybridized carbons (Fsp3) is 0.835. The van der Waals surface area contributed by atoms with E-state index in [1.807, 2.05) is 0 Å². The lowest BCUT2D eigenvalue weighted by Gasteiger charge is -2.48. The van der Waals surface area contributed by atoms with E-state index in [9.17, 15) is 61.0 Å². The number of hydrogen-bond acceptors (Lipinski definition) is 18. The van der Waals surface area contributed by atoms with Crippen LogP contribution < -0.4 is 5.32 Å². The zero-order valence-corrected chi connectivity index (χ0v) is 60.8. The van der Waals surface area contributed by atoms with Gasteiger partial charge in [0.05, 0.1) is 38.6 Å². The Labute approximate surface area is 591 Å². The number of nitrogens with one attached hydrogen (secondary N) is 1. The second-order valence-corrected chi connectivity index (χ2v) is 27.8. The standard InChI is InChI=1S/C79H141NO18/c1-3-5-7-9-11-13-15-17-19-21-23-25-27-29-30-31-33-34-36-38-40-42-44-46-48-50-52-54-56-63(84)62(80-67(85)57-55-53-51-49-47-45-43-41-39-37-35-32-28-26-24-22-20-18-16-14-12-10-8-6-4-2)61-93-77-73(91)70(88)75(65(59-82)95-77)98-79-74(92)71(89)76(66(60-83)96-79)97-78-72(90)69(87)68(86)64(58-81)94-78/h6,8,12,14,18,20,24,26,32,35,39,41,62-66,68-79,81-84,86-92H,3-5,7,9-11,13,15-17,19,21-23,25,27-31,33-34,36-38,40,42-61H2,1-2H3,(H,80,85)/b8-6-,14-12-,20-18-,26-24-,35-32-,41-39-. The fourth-order valence-corrected chi connectivity index (χ4v) is 13.0. The van der Waals surface area contributed by atoms with Crippen molar-refractivity contribution in [2.24, 2.45) is 0 Å². The highest BCUT2D eigenvalue weighted by Gasteiger charge is 2.54. The minimum absolute atomic E-state index is 0.246. The lowest BCUT2D eigenvalue weighted by Crippen LogP contribution is -2.66. The maximum absolute atomic E-state index is 13.5. The Bertz CT molecular complexity index is 2050. The van der Waals surface area contributed by atoms with Crippen LogP contribution in [0, 0.1) is 0 Å². The SMILES string of the molecule is CC/C=C\C/C=C\C/C=C\C/C=C\C/C=C\C/C=C\CCCCCCCCC(=O)NC(COC1OC(CO)C(OC2OC(CO)C(OC3OC(CO)C(O)C(O)C3O)C(O)C2O)C(O)C1O)C(O)CCCCCCCCCCCCCCCCCCCCCCCCCCCCCC. The van der Waals surface area contributed by atoms with E-state index >= 15 is 0 Å². The first-order valence-corrected chi connectivity index (χ1v) is 39.2. The van der Waals surface area contributed by atoms with Gasteiger partial charge in [0.15, 0.2) is 18.9 Å². The van der Waals surface area contributed by atoms with Crippen molar-refractivity contribution in [2.45, 2.75) is 394 Å². The third kappa shape index (κ3) is 39.8. The Morgan fingerprint density at radius 2 is 0.704 bits per heavy atom. The van der Waals surface area contributed by atoms with Gasteiger partial charge in [0.1, 0.15) is 73.2 Å². The van der Waals surface area contributed by atoms with Crippen LogP contribution in [0.25, 0.3) is 0 Å². The largest absolute Gasteiger partial charge is 0.394 e. The van der Waals surface area contributed by atoms with Gasteiger partial charge in [-0.15, -0.1) is 0 Å². The number of carbonyl (C=O) groups excluding carboxylic acids is 1. The summed E-state index contributed by atoms with van der Waals surface area (Å²) in [6.07, 6.45) is 49.8. The summed E-state index contributed by atoms with van der Waals surface area (Å²) < 4.78 is 34.5. The number of ether oxygens (including phenoxy) is 6. The summed E-state index contributed by atoms with van der Waals surface area (Å²) in [5, 5.41) is 121. The van der Waals surface area contributed by atoms with Crippen LogP contribution >= 0.6 is 0 Å². The summed E-state index contributed by atoms with van der Waals surface area (Å²) in [5.41, 5.74) is 0. The molecule has 3 heterocycles. The van der Waals surface area contributed by atoms with Gasteiger partial charge in [-0.1, -0.05) is 292 Å². The molecule has 0 aliphatic carbocycles. The van der Waals surface area contributed by atoms with Gasteiger partial charge in [-0.3, -0.25) is 4.79 Å². The molecule has 17 unspecified atom stereocenters. The number of hydrogen-bond donors (Lipinski definition) is 12. The first-order chi connectivity index (χ1) is 47.8. The van der Waals surface area contributed by atoms with Crippen LogP contribution in [0.2, 0.25) is 0 Å². The molecule has 0 saturated carbocycles. The maximum atomic E-state index is 13.5. The summed E-state index contributed by atoms with van der Waals surface area (Å²) in [5.74, 6) is -0.257. The zero-order valence-electron chi connectivity index (χ0n) is 60.8. The van der Waals surface area contributed by atoms with E-state index in [1.54, 1.807) is 0 Å². The summed E-state index contributed by atoms with van der Waals surface area (Å²) in [6.45, 7) is 1.70. The van der Waals surface area contributed by atoms with Crippen molar-refractivity contribution in [3.05, 3.63) is 72.9 Å². The van der Waals surface area contributed by atoms with E-state index in [0.29, 0.717) is 12.8 Å². The molecule has 1 amide bonds. The Hall–Kier alpha value is -2.77. The van der Waals surface area contributed by atoms with Crippen LogP contribution in [0.3, 0.4) is 0 Å². The van der Waals surface area contributed by atoms with Gasteiger partial charge in [-0.2, -0.15) is 0 Å². The van der Waals surface area contributed by atoms with Crippen LogP contribution in [-0.2, 0) is 33.2 Å². The number of unbranched alkanes of at least 4 members (excludes halogenated alkanes) is 33. The van der Waals surface area contributed by atoms with Gasteiger partial charge < -0.3 is 89.9 Å². The molecule has 0 aromatic heterocycles. The quantitative estimate of drug-likeness (QED) is 0.0199. The highest BCUT2D eigenvalue weighted by molar-refractivity contribution is 5.76. The average Bonchev–Trinajstić information content (AvgIpc) is 0.784. The highest BCUT2D eigenvalue weighted by Crippen LogP contribution is 2.33. The molecular weight excluding hydrogens is 1250 g/mol. The number of carbonyl (C=O) groups is 1. The van der Waals surface area contributed by atoms with Crippen molar-refractivity contribution in [3.63, 3.8) is 0 Å². The van der Waals surface area contributed by atoms with Crippen LogP contribution in [-0.4, -0.2) is 193 Å². The molecule has 17 atom stereocenters. The summed E-state index contributed by atoms with van der Waals surface area (Å²) in [6, 6.07) is -0.902. The molecule has 3 aliphatic heterocycles. The monoisotopic (exact) mass is 1390 g/mol. The first kappa shape index (κ1) is 89.4. The maximum Gasteiger partial charge on any atom is 0.220 e. The normalized spacial score (nSPS) is 27.1. The minimum atomic E-state index is -1.98. The molecular formula is C79H141NO18. The van der Waals surface area contributed by atoms with Crippen LogP contribution in [0.4, 0.5) is 0 Å². The van der Waals surface area contributed by atoms with Gasteiger partial charge in [0.25, 0.3) is 0 Å². The molecule has 3 rings (SSSR count). The van der Waals surface area contributed by atoms with Gasteiger partial charge in [-0.05, 0) is 64.2 Å². The van der Waals surface area contributed by atoms with E-state index < -0.39 is 124 Å². The fourth-order valence-electron chi connectivity index (χ4n) is 13.0. The Balaban J connectivity index is 1.39. The molecule has 3 fully saturated rings. The Kier molecular flexibility index (Phi) is 54.4. The topological polar surface area (TPSA) is 307 Å². The second kappa shape index (κ2) is 59.6. The third-order valence-electron chi connectivity index (χ3n) is 19.3. The number of amides is 1. The summed E-state index contributed by atoms with van der Waals surface area (Å²) in [4.78, 5) is 13.5. The van der Waals surface area contributed by atoms with Crippen LogP contribution in [0.5, 0.6) is 0 Å². The van der Waals surface area contributed by atoms with Gasteiger partial charge in [0, 0.05) is 6.42 Å². The average molecular weight is 1390 g/mol. The molecule has 19 nitrogen and oxygen atoms in total. The predicted octanol–water partition coefficient (Wildman–Crippen LogP) is 12.4. The van der Waals surface area contributed by atoms with Crippen LogP contribution in [0.1, 0.15) is 290 Å². The van der Waals surface area contributed by atoms with Crippen LogP contribution in [0.15, 0.2) is 72.9 Å². The lowest BCUT2D eigenvalue weighted by molar-refractivity contribution is -0.379. The molecule has 0 bridgehead atoms. The van der Waals surface area contributed by atoms with Gasteiger partial charge in [-0.25, -0.2) is 0 Å². The highest BCUT2D eigenvalue weighted by atomic mass is 16.8. The van der Waals surface area contributed by atoms with Crippen molar-refractivity contribution >= 4 is 5.91 Å². The first-order valence-electron chi connectivity index (χ1n) is 39.2. The Morgan fingerprint density at radius 1 is 0.378 bits per heavy atom. The number of rotatable bonds is 61. The summed E-state index contributed by atoms with van der Waals surface area (Å²) >= 11 is 0. The second-order valence-electron chi connectivity index (χ2n) is 27.8. The summed E-state index contributed by atoms with van der Waals surface area (Å²) in [7, 11) is 0. The van der Waals surface area contributed by atoms with Gasteiger partial charge in [0.2, 0.25) is 5.91 Å². The number of aliphatic hydroxyl groups is 11. The number of allylic oxidation sites excluding steroid dienone is 12. The molecule has 12 N–H and O–H groups in total. The van der Waals surface area contributed by atoms with E-state index in [1.165, 1.54) is 154 Å².